The number of aromatic nitrogens is 4. The molecule has 2 aliphatic rings. The maximum absolute atomic E-state index is 11.1. The highest BCUT2D eigenvalue weighted by Crippen LogP contribution is 2.39. The van der Waals surface area contributed by atoms with E-state index in [2.05, 4.69) is 20.3 Å². The number of anilines is 1. The van der Waals surface area contributed by atoms with E-state index in [-0.39, 0.29) is 17.7 Å². The number of imidazole rings is 1. The van der Waals surface area contributed by atoms with Crippen LogP contribution >= 0.6 is 19.2 Å². The lowest BCUT2D eigenvalue weighted by Crippen LogP contribution is -2.31. The lowest BCUT2D eigenvalue weighted by molar-refractivity contribution is -0.0355. The molecule has 11 nitrogen and oxygen atoms in total. The second-order valence-electron chi connectivity index (χ2n) is 7.51. The van der Waals surface area contributed by atoms with Gasteiger partial charge in [-0.15, -0.1) is 0 Å². The Morgan fingerprint density at radius 3 is 2.66 bits per heavy atom. The molecule has 3 heterocycles. The van der Waals surface area contributed by atoms with Gasteiger partial charge < -0.3 is 30.1 Å². The summed E-state index contributed by atoms with van der Waals surface area (Å²) >= 11 is 6.10. The van der Waals surface area contributed by atoms with Crippen LogP contribution in [-0.4, -0.2) is 70.0 Å². The first-order valence-electron chi connectivity index (χ1n) is 9.46. The summed E-state index contributed by atoms with van der Waals surface area (Å²) in [6, 6.07) is 0.279. The Morgan fingerprint density at radius 2 is 1.97 bits per heavy atom. The predicted molar refractivity (Wildman–Crippen MR) is 104 cm³/mol. The van der Waals surface area contributed by atoms with Crippen molar-refractivity contribution in [2.75, 3.05) is 11.5 Å². The molecule has 1 saturated heterocycles. The van der Waals surface area contributed by atoms with Crippen molar-refractivity contribution in [3.63, 3.8) is 0 Å². The fraction of sp³-hybridized carbons (Fsp3) is 0.688. The molecule has 2 aromatic heterocycles. The van der Waals surface area contributed by atoms with E-state index < -0.39 is 38.3 Å². The molecule has 0 amide bonds. The zero-order chi connectivity index (χ0) is 20.8. The molecule has 0 bridgehead atoms. The van der Waals surface area contributed by atoms with E-state index in [1.54, 1.807) is 0 Å². The smallest absolute Gasteiger partial charge is 0.325 e. The van der Waals surface area contributed by atoms with E-state index in [4.69, 9.17) is 26.1 Å². The minimum absolute atomic E-state index is 0.00540. The highest BCUT2D eigenvalue weighted by atomic mass is 35.5. The Kier molecular flexibility index (Phi) is 5.82. The van der Waals surface area contributed by atoms with E-state index in [9.17, 15) is 14.8 Å². The van der Waals surface area contributed by atoms with Crippen LogP contribution in [-0.2, 0) is 9.30 Å². The first-order chi connectivity index (χ1) is 13.7. The van der Waals surface area contributed by atoms with Crippen molar-refractivity contribution >= 4 is 36.2 Å². The highest BCUT2D eigenvalue weighted by molar-refractivity contribution is 7.51. The third kappa shape index (κ3) is 4.41. The Morgan fingerprint density at radius 1 is 1.24 bits per heavy atom. The van der Waals surface area contributed by atoms with Crippen LogP contribution < -0.4 is 5.32 Å². The van der Waals surface area contributed by atoms with Crippen LogP contribution in [0.4, 0.5) is 5.82 Å². The van der Waals surface area contributed by atoms with Crippen molar-refractivity contribution in [1.29, 1.82) is 0 Å². The minimum atomic E-state index is -4.25. The average Bonchev–Trinajstić information content (AvgIpc) is 3.35. The van der Waals surface area contributed by atoms with Crippen LogP contribution in [0.25, 0.3) is 11.2 Å². The number of ether oxygens (including phenoxy) is 1. The molecule has 0 spiro atoms. The van der Waals surface area contributed by atoms with Crippen LogP contribution in [0.1, 0.15) is 38.3 Å². The van der Waals surface area contributed by atoms with Gasteiger partial charge in [-0.2, -0.15) is 9.97 Å². The molecule has 0 radical (unpaired) electrons. The van der Waals surface area contributed by atoms with Gasteiger partial charge in [0.25, 0.3) is 0 Å². The zero-order valence-corrected chi connectivity index (χ0v) is 17.1. The Balaban J connectivity index is 1.60. The quantitative estimate of drug-likeness (QED) is 0.319. The third-order valence-corrected chi connectivity index (χ3v) is 6.42. The molecule has 2 fully saturated rings. The molecule has 1 saturated carbocycles. The van der Waals surface area contributed by atoms with Gasteiger partial charge in [0.1, 0.15) is 12.2 Å². The Hall–Kier alpha value is -1.33. The molecule has 160 valence electrons. The highest BCUT2D eigenvalue weighted by Gasteiger charge is 2.44. The molecule has 29 heavy (non-hydrogen) atoms. The average molecular weight is 448 g/mol. The van der Waals surface area contributed by atoms with Crippen LogP contribution in [0.2, 0.25) is 5.28 Å². The second kappa shape index (κ2) is 8.07. The van der Waals surface area contributed by atoms with Crippen LogP contribution in [0.3, 0.4) is 0 Å². The summed E-state index contributed by atoms with van der Waals surface area (Å²) in [5.41, 5.74) is 0.794. The number of aliphatic hydroxyl groups excluding tert-OH is 2. The van der Waals surface area contributed by atoms with Crippen molar-refractivity contribution in [2.24, 2.45) is 0 Å². The Bertz CT molecular complexity index is 932. The van der Waals surface area contributed by atoms with Gasteiger partial charge in [0.05, 0.1) is 18.6 Å². The lowest BCUT2D eigenvalue weighted by atomic mass is 10.1. The number of nitrogens with one attached hydrogen (secondary N) is 1. The lowest BCUT2D eigenvalue weighted by Gasteiger charge is -2.17. The maximum Gasteiger partial charge on any atom is 0.325 e. The number of hydrogen-bond donors (Lipinski definition) is 5. The fourth-order valence-corrected chi connectivity index (χ4v) is 4.69. The number of hydrogen-bond acceptors (Lipinski definition) is 8. The normalized spacial score (nSPS) is 28.4. The van der Waals surface area contributed by atoms with Gasteiger partial charge in [0, 0.05) is 6.04 Å². The summed E-state index contributed by atoms with van der Waals surface area (Å²) in [5, 5.41) is 24.1. The van der Waals surface area contributed by atoms with Crippen molar-refractivity contribution in [3.05, 3.63) is 11.6 Å². The summed E-state index contributed by atoms with van der Waals surface area (Å²) in [6.07, 6.45) is 0.610. The fourth-order valence-electron chi connectivity index (χ4n) is 3.93. The Labute approximate surface area is 171 Å². The van der Waals surface area contributed by atoms with Gasteiger partial charge in [-0.1, -0.05) is 12.8 Å². The van der Waals surface area contributed by atoms with Crippen molar-refractivity contribution < 1.29 is 29.3 Å². The van der Waals surface area contributed by atoms with Gasteiger partial charge in [-0.25, -0.2) is 4.98 Å². The first kappa shape index (κ1) is 20.9. The van der Waals surface area contributed by atoms with E-state index in [1.807, 2.05) is 0 Å². The zero-order valence-electron chi connectivity index (χ0n) is 15.4. The summed E-state index contributed by atoms with van der Waals surface area (Å²) in [4.78, 5) is 30.9. The van der Waals surface area contributed by atoms with Crippen LogP contribution in [0.15, 0.2) is 6.33 Å². The van der Waals surface area contributed by atoms with E-state index >= 15 is 0 Å². The van der Waals surface area contributed by atoms with Crippen molar-refractivity contribution in [1.82, 2.24) is 19.5 Å². The molecule has 4 rings (SSSR count). The predicted octanol–water partition coefficient (Wildman–Crippen LogP) is 1.02. The topological polar surface area (TPSA) is 163 Å². The summed E-state index contributed by atoms with van der Waals surface area (Å²) < 4.78 is 18.3. The SMILES string of the molecule is O=P(O)(O)CCC1OC(n2cnc3c(NC4CCCC4)nc(Cl)nc32)C(O)C1O. The summed E-state index contributed by atoms with van der Waals surface area (Å²) in [6.45, 7) is 0. The number of rotatable bonds is 6. The molecule has 1 aliphatic carbocycles. The third-order valence-electron chi connectivity index (χ3n) is 5.41. The molecule has 2 aromatic rings. The van der Waals surface area contributed by atoms with E-state index in [0.29, 0.717) is 17.0 Å². The van der Waals surface area contributed by atoms with Gasteiger partial charge in [0.15, 0.2) is 23.2 Å². The van der Waals surface area contributed by atoms with Crippen LogP contribution in [0, 0.1) is 0 Å². The monoisotopic (exact) mass is 447 g/mol. The summed E-state index contributed by atoms with van der Waals surface area (Å²) in [7, 11) is -4.25. The van der Waals surface area contributed by atoms with E-state index in [0.717, 1.165) is 25.7 Å². The maximum atomic E-state index is 11.1. The van der Waals surface area contributed by atoms with Crippen molar-refractivity contribution in [3.8, 4) is 0 Å². The van der Waals surface area contributed by atoms with Gasteiger partial charge in [0.2, 0.25) is 5.28 Å². The molecular weight excluding hydrogens is 425 g/mol. The number of fused-ring (bicyclic) bond motifs is 1. The number of nitrogens with zero attached hydrogens (tertiary/aromatic N) is 4. The number of aliphatic hydroxyl groups is 2. The van der Waals surface area contributed by atoms with Crippen LogP contribution in [0.5, 0.6) is 0 Å². The minimum Gasteiger partial charge on any atom is -0.388 e. The standard InChI is InChI=1S/C16H23ClN5O6P/c17-16-20-13(19-8-3-1-2-4-8)10-14(21-16)22(7-18-10)15-12(24)11(23)9(28-15)5-6-29(25,26)27/h7-9,11-12,15,23-24H,1-6H2,(H,19,20,21)(H2,25,26,27). The van der Waals surface area contributed by atoms with Gasteiger partial charge in [-0.05, 0) is 30.9 Å². The second-order valence-corrected chi connectivity index (χ2v) is 9.63. The molecule has 13 heteroatoms. The molecular formula is C16H23ClN5O6P. The molecule has 5 N–H and O–H groups in total. The molecule has 1 aliphatic heterocycles. The van der Waals surface area contributed by atoms with E-state index in [1.165, 1.54) is 10.9 Å². The largest absolute Gasteiger partial charge is 0.388 e. The van der Waals surface area contributed by atoms with Gasteiger partial charge >= 0.3 is 7.60 Å². The molecule has 4 unspecified atom stereocenters. The molecule has 4 atom stereocenters. The first-order valence-corrected chi connectivity index (χ1v) is 11.6. The summed E-state index contributed by atoms with van der Waals surface area (Å²) in [5.74, 6) is 0.497. The number of halogens is 1. The van der Waals surface area contributed by atoms with Gasteiger partial charge in [-0.3, -0.25) is 9.13 Å². The molecule has 0 aromatic carbocycles. The van der Waals surface area contributed by atoms with Crippen molar-refractivity contribution in [2.45, 2.75) is 62.7 Å².